The Morgan fingerprint density at radius 1 is 0.901 bits per heavy atom. The van der Waals surface area contributed by atoms with Crippen LogP contribution in [0.2, 0.25) is 0 Å². The van der Waals surface area contributed by atoms with Crippen LogP contribution >= 0.6 is 0 Å². The number of aliphatic hydroxyl groups excluding tert-OH is 4. The Balaban J connectivity index is 1.38. The van der Waals surface area contributed by atoms with Gasteiger partial charge in [0.15, 0.2) is 23.6 Å². The van der Waals surface area contributed by atoms with E-state index >= 15 is 4.79 Å². The van der Waals surface area contributed by atoms with Crippen LogP contribution in [0.15, 0.2) is 114 Å². The highest BCUT2D eigenvalue weighted by Gasteiger charge is 2.78. The Hall–Kier alpha value is -6.32. The number of amides is 2. The monoisotopic (exact) mass is 984 g/mol. The van der Waals surface area contributed by atoms with Crippen LogP contribution in [0.25, 0.3) is 0 Å². The summed E-state index contributed by atoms with van der Waals surface area (Å²) in [7, 11) is 0. The van der Waals surface area contributed by atoms with Gasteiger partial charge in [0, 0.05) is 37.3 Å². The third kappa shape index (κ3) is 9.74. The van der Waals surface area contributed by atoms with E-state index in [-0.39, 0.29) is 41.8 Å². The SMILES string of the molecule is CC(=O)O[C@@]12COC1C[C@H](O)C1(C)C(=O)[C@H](OC(=O)NC/C=C/[C@@H](O)[C@@H]([NH3+])CO)C3=C(C)[C@@H](OC(=O)[C@H](O)[C@@H](NC(=O)c4ccccc4)c4ccccc4)C[C@@](O)([C@@H](OC(=O)c4ccccc4)[C@@H]12)C3(C)C. The summed E-state index contributed by atoms with van der Waals surface area (Å²) in [6.07, 6.45) is -10.9. The van der Waals surface area contributed by atoms with Crippen LogP contribution in [-0.4, -0.2) is 141 Å². The molecule has 1 heterocycles. The Bertz CT molecular complexity index is 2540. The van der Waals surface area contributed by atoms with Gasteiger partial charge in [-0.2, -0.15) is 0 Å². The van der Waals surface area contributed by atoms with Gasteiger partial charge >= 0.3 is 24.0 Å². The lowest BCUT2D eigenvalue weighted by Crippen LogP contribution is -2.82. The number of Topliss-reactive ketones (excluding diaryl/α,β-unsaturated/α-hetero) is 1. The molecule has 1 saturated heterocycles. The van der Waals surface area contributed by atoms with Crippen LogP contribution in [0.3, 0.4) is 0 Å². The average molecular weight is 985 g/mol. The Labute approximate surface area is 409 Å². The fourth-order valence-electron chi connectivity index (χ4n) is 10.8. The lowest BCUT2D eigenvalue weighted by molar-refractivity contribution is -0.438. The zero-order valence-corrected chi connectivity index (χ0v) is 40.1. The summed E-state index contributed by atoms with van der Waals surface area (Å²) >= 11 is 0. The summed E-state index contributed by atoms with van der Waals surface area (Å²) in [5.74, 6) is -6.31. The number of esters is 3. The van der Waals surface area contributed by atoms with Gasteiger partial charge in [-0.3, -0.25) is 14.4 Å². The predicted molar refractivity (Wildman–Crippen MR) is 249 cm³/mol. The van der Waals surface area contributed by atoms with Gasteiger partial charge in [0.05, 0.1) is 42.3 Å². The first kappa shape index (κ1) is 52.5. The minimum Gasteiger partial charge on any atom is -0.456 e. The highest BCUT2D eigenvalue weighted by Crippen LogP contribution is 2.64. The number of benzene rings is 3. The molecule has 19 nitrogen and oxygen atoms in total. The first-order valence-electron chi connectivity index (χ1n) is 23.4. The largest absolute Gasteiger partial charge is 0.456 e. The molecule has 1 aliphatic heterocycles. The fraction of sp³-hybridized carbons (Fsp3) is 0.462. The van der Waals surface area contributed by atoms with Crippen molar-refractivity contribution in [1.82, 2.24) is 10.6 Å². The number of quaternary nitrogens is 1. The fourth-order valence-corrected chi connectivity index (χ4v) is 10.8. The molecule has 380 valence electrons. The van der Waals surface area contributed by atoms with Crippen molar-refractivity contribution < 1.29 is 83.7 Å². The molecular weight excluding hydrogens is 923 g/mol. The van der Waals surface area contributed by atoms with E-state index in [9.17, 15) is 49.5 Å². The molecule has 3 aromatic carbocycles. The van der Waals surface area contributed by atoms with Gasteiger partial charge in [-0.1, -0.05) is 92.7 Å². The smallest absolute Gasteiger partial charge is 0.408 e. The molecule has 3 fully saturated rings. The normalized spacial score (nSPS) is 30.3. The summed E-state index contributed by atoms with van der Waals surface area (Å²) in [5.41, 5.74) is -4.08. The molecule has 4 aliphatic rings. The summed E-state index contributed by atoms with van der Waals surface area (Å²) in [6.45, 7) is 5.96. The number of carbonyl (C=O) groups excluding carboxylic acids is 6. The minimum absolute atomic E-state index is 0.0307. The molecule has 0 radical (unpaired) electrons. The van der Waals surface area contributed by atoms with Crippen molar-refractivity contribution >= 4 is 35.7 Å². The number of hydrogen-bond donors (Lipinski definition) is 8. The van der Waals surface area contributed by atoms with Crippen molar-refractivity contribution in [3.05, 3.63) is 131 Å². The molecule has 3 aliphatic carbocycles. The van der Waals surface area contributed by atoms with E-state index in [1.54, 1.807) is 78.9 Å². The van der Waals surface area contributed by atoms with Crippen LogP contribution < -0.4 is 16.4 Å². The van der Waals surface area contributed by atoms with Crippen LogP contribution in [-0.2, 0) is 38.1 Å². The second-order valence-electron chi connectivity index (χ2n) is 19.4. The third-order valence-electron chi connectivity index (χ3n) is 14.8. The second kappa shape index (κ2) is 20.8. The first-order valence-corrected chi connectivity index (χ1v) is 23.4. The minimum atomic E-state index is -2.49. The molecule has 0 spiro atoms. The lowest BCUT2D eigenvalue weighted by atomic mass is 9.44. The molecular formula is C52H62N3O16+. The second-order valence-corrected chi connectivity index (χ2v) is 19.4. The number of ketones is 1. The van der Waals surface area contributed by atoms with Gasteiger partial charge in [-0.15, -0.1) is 0 Å². The maximum atomic E-state index is 15.9. The number of carbonyl (C=O) groups is 6. The van der Waals surface area contributed by atoms with E-state index in [1.807, 2.05) is 0 Å². The van der Waals surface area contributed by atoms with Crippen molar-refractivity contribution in [2.45, 2.75) is 113 Å². The van der Waals surface area contributed by atoms with E-state index < -0.39 is 131 Å². The summed E-state index contributed by atoms with van der Waals surface area (Å²) in [5, 5.41) is 63.0. The van der Waals surface area contributed by atoms with E-state index in [1.165, 1.54) is 52.0 Å². The van der Waals surface area contributed by atoms with Crippen molar-refractivity contribution in [2.24, 2.45) is 16.7 Å². The molecule has 71 heavy (non-hydrogen) atoms. The van der Waals surface area contributed by atoms with Crippen molar-refractivity contribution in [3.8, 4) is 0 Å². The summed E-state index contributed by atoms with van der Waals surface area (Å²) in [4.78, 5) is 85.5. The topological polar surface area (TPSA) is 301 Å². The third-order valence-corrected chi connectivity index (χ3v) is 14.8. The van der Waals surface area contributed by atoms with E-state index in [2.05, 4.69) is 16.4 Å². The van der Waals surface area contributed by atoms with E-state index in [0.717, 1.165) is 6.92 Å². The number of hydrogen-bond acceptors (Lipinski definition) is 16. The van der Waals surface area contributed by atoms with Gasteiger partial charge in [-0.25, -0.2) is 14.4 Å². The number of rotatable bonds is 15. The Morgan fingerprint density at radius 3 is 2.08 bits per heavy atom. The number of nitrogens with one attached hydrogen (secondary N) is 2. The van der Waals surface area contributed by atoms with Gasteiger partial charge in [0.25, 0.3) is 5.91 Å². The molecule has 2 saturated carbocycles. The molecule has 19 heteroatoms. The van der Waals surface area contributed by atoms with Crippen LogP contribution in [0.5, 0.6) is 0 Å². The van der Waals surface area contributed by atoms with Crippen molar-refractivity contribution in [3.63, 3.8) is 0 Å². The van der Waals surface area contributed by atoms with Crippen LogP contribution in [0.4, 0.5) is 4.79 Å². The van der Waals surface area contributed by atoms with Crippen LogP contribution in [0.1, 0.15) is 79.8 Å². The van der Waals surface area contributed by atoms with Crippen molar-refractivity contribution in [2.75, 3.05) is 19.8 Å². The zero-order valence-electron chi connectivity index (χ0n) is 40.1. The first-order chi connectivity index (χ1) is 33.6. The molecule has 7 rings (SSSR count). The average Bonchev–Trinajstić information content (AvgIpc) is 3.35. The zero-order chi connectivity index (χ0) is 51.6. The molecule has 0 aromatic heterocycles. The molecule has 2 bridgehead atoms. The maximum Gasteiger partial charge on any atom is 0.408 e. The lowest BCUT2D eigenvalue weighted by Gasteiger charge is -2.67. The predicted octanol–water partition coefficient (Wildman–Crippen LogP) is 1.42. The molecule has 10 N–H and O–H groups in total. The van der Waals surface area contributed by atoms with E-state index in [0.29, 0.717) is 5.56 Å². The highest BCUT2D eigenvalue weighted by molar-refractivity contribution is 5.96. The number of fused-ring (bicyclic) bond motifs is 5. The van der Waals surface area contributed by atoms with Crippen molar-refractivity contribution in [1.29, 1.82) is 0 Å². The van der Waals surface area contributed by atoms with Gasteiger partial charge in [0.2, 0.25) is 0 Å². The number of alkyl carbamates (subject to hydrolysis) is 1. The number of ether oxygens (including phenoxy) is 5. The van der Waals surface area contributed by atoms with Crippen LogP contribution in [0, 0.1) is 16.7 Å². The molecule has 2 unspecified atom stereocenters. The molecule has 2 amide bonds. The Morgan fingerprint density at radius 2 is 1.51 bits per heavy atom. The summed E-state index contributed by atoms with van der Waals surface area (Å²) in [6, 6.07) is 21.9. The number of aliphatic hydroxyl groups is 5. The van der Waals surface area contributed by atoms with E-state index in [4.69, 9.17) is 23.7 Å². The molecule has 13 atom stereocenters. The quantitative estimate of drug-likeness (QED) is 0.0607. The summed E-state index contributed by atoms with van der Waals surface area (Å²) < 4.78 is 30.7. The highest BCUT2D eigenvalue weighted by atomic mass is 16.6. The van der Waals surface area contributed by atoms with Gasteiger partial charge in [0.1, 0.15) is 36.1 Å². The van der Waals surface area contributed by atoms with Gasteiger partial charge in [-0.05, 0) is 54.8 Å². The maximum absolute atomic E-state index is 15.9. The Kier molecular flexibility index (Phi) is 15.4. The molecule has 3 aromatic rings. The van der Waals surface area contributed by atoms with Gasteiger partial charge < -0.3 is 65.6 Å². The standard InChI is InChI=1S/C52H61N3O16/c1-28-35(68-47(64)40(60)39(30-16-9-6-10-17-30)55-45(62)31-18-11-7-12-19-31)25-52(66)44(70-46(63)32-20-13-8-14-21-32)42-50(5,36(59)24-37-51(42,27-67-37)71-29(2)57)43(61)41(38(28)49(52,3)4)69-48(65)54-23-15-22-34(58)33(53)26-56/h6-22,33-37,39-42,44,56,58-60,66H,23-27,53H2,1-5H3,(H,54,65)(H,55,62)/p+1/b22-15+/t33-,34+,35-,36-,37?,39-,40+,41+,42-,44-,50?,51-,52+/m0/s1.